The van der Waals surface area contributed by atoms with Crippen LogP contribution in [0, 0.1) is 0 Å². The minimum Gasteiger partial charge on any atom is -0.497 e. The molecule has 0 saturated heterocycles. The number of hydrogen-bond donors (Lipinski definition) is 1. The van der Waals surface area contributed by atoms with Crippen molar-refractivity contribution in [2.24, 2.45) is 0 Å². The van der Waals surface area contributed by atoms with E-state index in [0.717, 1.165) is 36.6 Å². The van der Waals surface area contributed by atoms with Gasteiger partial charge in [0.1, 0.15) is 11.5 Å². The van der Waals surface area contributed by atoms with Crippen molar-refractivity contribution in [3.63, 3.8) is 0 Å². The molecule has 0 spiro atoms. The molecule has 228 valence electrons. The van der Waals surface area contributed by atoms with Gasteiger partial charge in [-0.25, -0.2) is 12.4 Å². The van der Waals surface area contributed by atoms with Gasteiger partial charge in [-0.15, -0.1) is 0 Å². The van der Waals surface area contributed by atoms with Crippen molar-refractivity contribution in [1.82, 2.24) is 3.97 Å². The summed E-state index contributed by atoms with van der Waals surface area (Å²) in [5.41, 5.74) is 1.66. The predicted molar refractivity (Wildman–Crippen MR) is 169 cm³/mol. The first-order chi connectivity index (χ1) is 20.0. The van der Waals surface area contributed by atoms with Crippen LogP contribution >= 0.6 is 0 Å². The summed E-state index contributed by atoms with van der Waals surface area (Å²) >= 11 is 0. The largest absolute Gasteiger partial charge is 0.497 e. The van der Waals surface area contributed by atoms with Crippen LogP contribution in [0.1, 0.15) is 108 Å². The van der Waals surface area contributed by atoms with E-state index in [4.69, 9.17) is 14.6 Å². The van der Waals surface area contributed by atoms with Crippen LogP contribution < -0.4 is 9.47 Å². The number of aryl methyl sites for hydroxylation is 1. The maximum atomic E-state index is 13.6. The van der Waals surface area contributed by atoms with Gasteiger partial charge in [-0.2, -0.15) is 0 Å². The van der Waals surface area contributed by atoms with Gasteiger partial charge in [0.15, 0.2) is 0 Å². The molecule has 3 aromatic rings. The van der Waals surface area contributed by atoms with Crippen LogP contribution in [0.2, 0.25) is 0 Å². The van der Waals surface area contributed by atoms with E-state index in [0.29, 0.717) is 23.6 Å². The molecule has 1 heterocycles. The summed E-state index contributed by atoms with van der Waals surface area (Å²) < 4.78 is 39.4. The van der Waals surface area contributed by atoms with E-state index >= 15 is 0 Å². The third-order valence-electron chi connectivity index (χ3n) is 8.03. The molecule has 0 amide bonds. The molecule has 41 heavy (non-hydrogen) atoms. The molecule has 0 aliphatic heterocycles. The maximum Gasteiger partial charge on any atom is 0.268 e. The predicted octanol–water partition coefficient (Wildman–Crippen LogP) is 8.67. The number of aliphatic hydroxyl groups excluding tert-OH is 1. The number of aromatic nitrogens is 1. The van der Waals surface area contributed by atoms with E-state index in [2.05, 4.69) is 0 Å². The van der Waals surface area contributed by atoms with Gasteiger partial charge in [0, 0.05) is 18.2 Å². The standard InChI is InChI=1S/C34H51NO5S/c1-39-30-23-25-31(26-24-30)41(37,38)35-28-29(34-32(35)21-19-22-33(34)40-2)20-17-15-13-11-9-7-5-3-4-6-8-10-12-14-16-18-27-36/h19,21-26,28,36H,3-18,20,27H2,1-2H3. The van der Waals surface area contributed by atoms with Gasteiger partial charge in [-0.3, -0.25) is 0 Å². The summed E-state index contributed by atoms with van der Waals surface area (Å²) in [5.74, 6) is 1.33. The van der Waals surface area contributed by atoms with Crippen LogP contribution in [-0.4, -0.2) is 38.3 Å². The lowest BCUT2D eigenvalue weighted by Gasteiger charge is -2.09. The van der Waals surface area contributed by atoms with Crippen molar-refractivity contribution in [2.45, 2.75) is 114 Å². The molecule has 0 unspecified atom stereocenters. The maximum absolute atomic E-state index is 13.6. The number of benzene rings is 2. The van der Waals surface area contributed by atoms with Crippen molar-refractivity contribution in [2.75, 3.05) is 20.8 Å². The summed E-state index contributed by atoms with van der Waals surface area (Å²) in [6, 6.07) is 12.1. The zero-order valence-corrected chi connectivity index (χ0v) is 26.1. The first-order valence-corrected chi connectivity index (χ1v) is 17.1. The van der Waals surface area contributed by atoms with Crippen LogP contribution in [0.5, 0.6) is 11.5 Å². The van der Waals surface area contributed by atoms with E-state index < -0.39 is 10.0 Å². The van der Waals surface area contributed by atoms with Crippen LogP contribution in [0.15, 0.2) is 53.6 Å². The fourth-order valence-electron chi connectivity index (χ4n) is 5.62. The third kappa shape index (κ3) is 10.1. The molecule has 1 aromatic heterocycles. The molecule has 0 fully saturated rings. The molecule has 6 nitrogen and oxygen atoms in total. The Morgan fingerprint density at radius 1 is 0.659 bits per heavy atom. The van der Waals surface area contributed by atoms with Gasteiger partial charge in [-0.1, -0.05) is 96.0 Å². The number of methoxy groups -OCH3 is 2. The Morgan fingerprint density at radius 2 is 1.17 bits per heavy atom. The van der Waals surface area contributed by atoms with E-state index in [1.54, 1.807) is 44.7 Å². The molecule has 7 heteroatoms. The highest BCUT2D eigenvalue weighted by molar-refractivity contribution is 7.90. The van der Waals surface area contributed by atoms with Crippen LogP contribution in [0.25, 0.3) is 10.9 Å². The Balaban J connectivity index is 1.41. The van der Waals surface area contributed by atoms with Gasteiger partial charge < -0.3 is 14.6 Å². The number of ether oxygens (including phenoxy) is 2. The fourth-order valence-corrected chi connectivity index (χ4v) is 7.01. The Bertz CT molecular complexity index is 1250. The molecular weight excluding hydrogens is 534 g/mol. The quantitative estimate of drug-likeness (QED) is 0.119. The monoisotopic (exact) mass is 585 g/mol. The van der Waals surface area contributed by atoms with E-state index in [9.17, 15) is 8.42 Å². The summed E-state index contributed by atoms with van der Waals surface area (Å²) in [6.07, 6.45) is 22.7. The van der Waals surface area contributed by atoms with Crippen molar-refractivity contribution in [3.05, 3.63) is 54.2 Å². The molecule has 0 aliphatic carbocycles. The highest BCUT2D eigenvalue weighted by Gasteiger charge is 2.23. The Hall–Kier alpha value is -2.51. The Morgan fingerprint density at radius 3 is 1.66 bits per heavy atom. The van der Waals surface area contributed by atoms with Gasteiger partial charge >= 0.3 is 0 Å². The second-order valence-corrected chi connectivity index (χ2v) is 12.9. The Kier molecular flexibility index (Phi) is 14.6. The first-order valence-electron chi connectivity index (χ1n) is 15.7. The average Bonchev–Trinajstić information content (AvgIpc) is 3.38. The Labute approximate surface area is 248 Å². The molecule has 0 aliphatic rings. The zero-order valence-electron chi connectivity index (χ0n) is 25.3. The lowest BCUT2D eigenvalue weighted by Crippen LogP contribution is -2.11. The van der Waals surface area contributed by atoms with Crippen molar-refractivity contribution in [3.8, 4) is 11.5 Å². The van der Waals surface area contributed by atoms with Gasteiger partial charge in [0.05, 0.1) is 24.6 Å². The minimum absolute atomic E-state index is 0.231. The molecule has 0 atom stereocenters. The summed E-state index contributed by atoms with van der Waals surface area (Å²) in [4.78, 5) is 0.231. The summed E-state index contributed by atoms with van der Waals surface area (Å²) in [5, 5.41) is 9.70. The molecule has 0 saturated carbocycles. The van der Waals surface area contributed by atoms with Crippen LogP contribution in [-0.2, 0) is 16.4 Å². The molecule has 2 aromatic carbocycles. The molecule has 3 rings (SSSR count). The number of rotatable bonds is 22. The van der Waals surface area contributed by atoms with E-state index in [1.165, 1.54) is 87.4 Å². The van der Waals surface area contributed by atoms with Gasteiger partial charge in [0.2, 0.25) is 0 Å². The minimum atomic E-state index is -3.76. The topological polar surface area (TPSA) is 77.8 Å². The summed E-state index contributed by atoms with van der Waals surface area (Å²) in [6.45, 7) is 0.336. The van der Waals surface area contributed by atoms with Crippen LogP contribution in [0.4, 0.5) is 0 Å². The average molecular weight is 586 g/mol. The van der Waals surface area contributed by atoms with E-state index in [1.807, 2.05) is 18.2 Å². The highest BCUT2D eigenvalue weighted by atomic mass is 32.2. The fraction of sp³-hybridized carbons (Fsp3) is 0.588. The number of nitrogens with zero attached hydrogens (tertiary/aromatic N) is 1. The number of fused-ring (bicyclic) bond motifs is 1. The molecular formula is C34H51NO5S. The van der Waals surface area contributed by atoms with Gasteiger partial charge in [-0.05, 0) is 61.2 Å². The lowest BCUT2D eigenvalue weighted by atomic mass is 10.0. The van der Waals surface area contributed by atoms with Crippen molar-refractivity contribution >= 4 is 20.9 Å². The smallest absolute Gasteiger partial charge is 0.268 e. The number of hydrogen-bond acceptors (Lipinski definition) is 5. The lowest BCUT2D eigenvalue weighted by molar-refractivity contribution is 0.282. The van der Waals surface area contributed by atoms with Gasteiger partial charge in [0.25, 0.3) is 10.0 Å². The third-order valence-corrected chi connectivity index (χ3v) is 9.71. The molecule has 0 bridgehead atoms. The second-order valence-electron chi connectivity index (χ2n) is 11.1. The number of unbranched alkanes of at least 4 members (excludes halogenated alkanes) is 15. The highest BCUT2D eigenvalue weighted by Crippen LogP contribution is 2.34. The van der Waals surface area contributed by atoms with E-state index in [-0.39, 0.29) is 4.90 Å². The number of aliphatic hydroxyl groups is 1. The zero-order chi connectivity index (χ0) is 29.3. The SMILES string of the molecule is COc1ccc(S(=O)(=O)n2cc(CCCCCCCCCCCCCCCCCCO)c3c(OC)cccc32)cc1. The van der Waals surface area contributed by atoms with Crippen molar-refractivity contribution in [1.29, 1.82) is 0 Å². The second kappa shape index (κ2) is 18.1. The summed E-state index contributed by atoms with van der Waals surface area (Å²) in [7, 11) is -0.558. The molecule has 1 N–H and O–H groups in total. The molecule has 0 radical (unpaired) electrons. The van der Waals surface area contributed by atoms with Crippen LogP contribution in [0.3, 0.4) is 0 Å². The first kappa shape index (κ1) is 33.0. The normalized spacial score (nSPS) is 11.8. The van der Waals surface area contributed by atoms with Crippen molar-refractivity contribution < 1.29 is 23.0 Å².